The summed E-state index contributed by atoms with van der Waals surface area (Å²) in [4.78, 5) is 0. The lowest BCUT2D eigenvalue weighted by atomic mass is 10.4. The molecule has 0 aliphatic carbocycles. The third-order valence-electron chi connectivity index (χ3n) is 1.38. The number of nitrogens with zero attached hydrogens (tertiary/aromatic N) is 3. The van der Waals surface area contributed by atoms with Crippen molar-refractivity contribution >= 4 is 11.6 Å². The standard InChI is InChI=1S/C7H8ClN3/c1-6-5-10-11(7(6)8)4-2-3-9/h5H,2,4H2,1H3. The first-order valence-corrected chi connectivity index (χ1v) is 3.68. The molecule has 0 aromatic carbocycles. The van der Waals surface area contributed by atoms with E-state index in [2.05, 4.69) is 5.10 Å². The van der Waals surface area contributed by atoms with Crippen LogP contribution in [0.2, 0.25) is 5.15 Å². The van der Waals surface area contributed by atoms with Gasteiger partial charge in [0.1, 0.15) is 5.15 Å². The predicted octanol–water partition coefficient (Wildman–Crippen LogP) is 1.76. The van der Waals surface area contributed by atoms with Crippen LogP contribution in [0.25, 0.3) is 0 Å². The van der Waals surface area contributed by atoms with Crippen molar-refractivity contribution in [3.05, 3.63) is 16.9 Å². The fraction of sp³-hybridized carbons (Fsp3) is 0.429. The summed E-state index contributed by atoms with van der Waals surface area (Å²) in [5.41, 5.74) is 0.949. The summed E-state index contributed by atoms with van der Waals surface area (Å²) >= 11 is 5.84. The molecular formula is C7H8ClN3. The SMILES string of the molecule is Cc1cnn(CCC#N)c1Cl. The number of aromatic nitrogens is 2. The molecule has 1 rings (SSSR count). The first kappa shape index (κ1) is 8.09. The fourth-order valence-electron chi connectivity index (χ4n) is 0.776. The van der Waals surface area contributed by atoms with Crippen molar-refractivity contribution in [3.63, 3.8) is 0 Å². The minimum Gasteiger partial charge on any atom is -0.253 e. The molecule has 0 radical (unpaired) electrons. The van der Waals surface area contributed by atoms with Gasteiger partial charge in [-0.05, 0) is 6.92 Å². The highest BCUT2D eigenvalue weighted by Crippen LogP contribution is 2.13. The molecule has 3 nitrogen and oxygen atoms in total. The van der Waals surface area contributed by atoms with E-state index in [1.807, 2.05) is 13.0 Å². The molecule has 0 atom stereocenters. The van der Waals surface area contributed by atoms with Gasteiger partial charge >= 0.3 is 0 Å². The van der Waals surface area contributed by atoms with Gasteiger partial charge in [-0.25, -0.2) is 0 Å². The average Bonchev–Trinajstić information content (AvgIpc) is 2.31. The Balaban J connectivity index is 2.72. The summed E-state index contributed by atoms with van der Waals surface area (Å²) < 4.78 is 1.63. The van der Waals surface area contributed by atoms with Crippen molar-refractivity contribution in [3.8, 4) is 6.07 Å². The quantitative estimate of drug-likeness (QED) is 0.677. The topological polar surface area (TPSA) is 41.6 Å². The molecule has 1 aromatic rings. The summed E-state index contributed by atoms with van der Waals surface area (Å²) in [6.45, 7) is 2.46. The van der Waals surface area contributed by atoms with Gasteiger partial charge in [-0.2, -0.15) is 10.4 Å². The van der Waals surface area contributed by atoms with E-state index in [9.17, 15) is 0 Å². The number of nitriles is 1. The first-order valence-electron chi connectivity index (χ1n) is 3.30. The Hall–Kier alpha value is -1.01. The zero-order valence-corrected chi connectivity index (χ0v) is 6.97. The third kappa shape index (κ3) is 1.72. The number of aryl methyl sites for hydroxylation is 2. The van der Waals surface area contributed by atoms with Gasteiger partial charge in [0.25, 0.3) is 0 Å². The van der Waals surface area contributed by atoms with Crippen LogP contribution in [0.4, 0.5) is 0 Å². The van der Waals surface area contributed by atoms with Gasteiger partial charge in [0.15, 0.2) is 0 Å². The number of hydrogen-bond acceptors (Lipinski definition) is 2. The van der Waals surface area contributed by atoms with Crippen LogP contribution in [0.5, 0.6) is 0 Å². The van der Waals surface area contributed by atoms with E-state index < -0.39 is 0 Å². The van der Waals surface area contributed by atoms with Crippen LogP contribution in [-0.4, -0.2) is 9.78 Å². The maximum absolute atomic E-state index is 8.29. The molecular weight excluding hydrogens is 162 g/mol. The normalized spacial score (nSPS) is 9.55. The molecule has 0 unspecified atom stereocenters. The van der Waals surface area contributed by atoms with E-state index in [4.69, 9.17) is 16.9 Å². The van der Waals surface area contributed by atoms with Crippen LogP contribution in [-0.2, 0) is 6.54 Å². The van der Waals surface area contributed by atoms with Crippen LogP contribution in [0, 0.1) is 18.3 Å². The molecule has 0 N–H and O–H groups in total. The molecule has 1 heterocycles. The zero-order chi connectivity index (χ0) is 8.27. The molecule has 0 spiro atoms. The highest BCUT2D eigenvalue weighted by atomic mass is 35.5. The highest BCUT2D eigenvalue weighted by molar-refractivity contribution is 6.30. The predicted molar refractivity (Wildman–Crippen MR) is 42.2 cm³/mol. The van der Waals surface area contributed by atoms with Gasteiger partial charge in [0, 0.05) is 5.56 Å². The summed E-state index contributed by atoms with van der Waals surface area (Å²) in [6.07, 6.45) is 2.14. The van der Waals surface area contributed by atoms with E-state index in [0.29, 0.717) is 18.1 Å². The van der Waals surface area contributed by atoms with Crippen molar-refractivity contribution in [1.82, 2.24) is 9.78 Å². The minimum atomic E-state index is 0.445. The summed E-state index contributed by atoms with van der Waals surface area (Å²) in [5.74, 6) is 0. The molecule has 0 bridgehead atoms. The molecule has 0 saturated carbocycles. The molecule has 0 fully saturated rings. The first-order chi connectivity index (χ1) is 5.25. The van der Waals surface area contributed by atoms with Crippen LogP contribution >= 0.6 is 11.6 Å². The van der Waals surface area contributed by atoms with Gasteiger partial charge in [0.2, 0.25) is 0 Å². The summed E-state index contributed by atoms with van der Waals surface area (Å²) in [7, 11) is 0. The van der Waals surface area contributed by atoms with Crippen molar-refractivity contribution < 1.29 is 0 Å². The molecule has 0 aliphatic heterocycles. The Labute approximate surface area is 70.2 Å². The molecule has 0 aliphatic rings. The van der Waals surface area contributed by atoms with Crippen molar-refractivity contribution in [2.75, 3.05) is 0 Å². The summed E-state index contributed by atoms with van der Waals surface area (Å²) in [5, 5.41) is 12.9. The van der Waals surface area contributed by atoms with Crippen molar-refractivity contribution in [2.24, 2.45) is 0 Å². The lowest BCUT2D eigenvalue weighted by molar-refractivity contribution is 0.628. The maximum atomic E-state index is 8.29. The third-order valence-corrected chi connectivity index (χ3v) is 1.87. The van der Waals surface area contributed by atoms with Gasteiger partial charge in [-0.3, -0.25) is 4.68 Å². The summed E-state index contributed by atoms with van der Waals surface area (Å²) in [6, 6.07) is 2.03. The van der Waals surface area contributed by atoms with Crippen molar-refractivity contribution in [1.29, 1.82) is 5.26 Å². The number of rotatable bonds is 2. The molecule has 1 aromatic heterocycles. The van der Waals surface area contributed by atoms with Crippen LogP contribution in [0.15, 0.2) is 6.20 Å². The monoisotopic (exact) mass is 169 g/mol. The Kier molecular flexibility index (Phi) is 2.50. The van der Waals surface area contributed by atoms with Gasteiger partial charge < -0.3 is 0 Å². The zero-order valence-electron chi connectivity index (χ0n) is 6.21. The smallest absolute Gasteiger partial charge is 0.129 e. The van der Waals surface area contributed by atoms with Gasteiger partial charge in [0.05, 0.1) is 25.2 Å². The van der Waals surface area contributed by atoms with Crippen LogP contribution in [0.1, 0.15) is 12.0 Å². The van der Waals surface area contributed by atoms with Crippen molar-refractivity contribution in [2.45, 2.75) is 19.9 Å². The number of halogens is 1. The Morgan fingerprint density at radius 1 is 1.82 bits per heavy atom. The lowest BCUT2D eigenvalue weighted by Gasteiger charge is -1.97. The molecule has 58 valence electrons. The van der Waals surface area contributed by atoms with E-state index in [1.54, 1.807) is 10.9 Å². The molecule has 0 saturated heterocycles. The van der Waals surface area contributed by atoms with Gasteiger partial charge in [-0.15, -0.1) is 0 Å². The second kappa shape index (κ2) is 3.40. The van der Waals surface area contributed by atoms with Crippen LogP contribution in [0.3, 0.4) is 0 Å². The fourth-order valence-corrected chi connectivity index (χ4v) is 0.953. The average molecular weight is 170 g/mol. The van der Waals surface area contributed by atoms with E-state index >= 15 is 0 Å². The van der Waals surface area contributed by atoms with E-state index in [-0.39, 0.29) is 0 Å². The molecule has 0 amide bonds. The lowest BCUT2D eigenvalue weighted by Crippen LogP contribution is -1.98. The Morgan fingerprint density at radius 2 is 2.55 bits per heavy atom. The van der Waals surface area contributed by atoms with Gasteiger partial charge in [-0.1, -0.05) is 11.6 Å². The second-order valence-electron chi connectivity index (χ2n) is 2.25. The minimum absolute atomic E-state index is 0.445. The highest BCUT2D eigenvalue weighted by Gasteiger charge is 2.02. The maximum Gasteiger partial charge on any atom is 0.129 e. The van der Waals surface area contributed by atoms with E-state index in [1.165, 1.54) is 0 Å². The van der Waals surface area contributed by atoms with E-state index in [0.717, 1.165) is 5.56 Å². The largest absolute Gasteiger partial charge is 0.253 e. The second-order valence-corrected chi connectivity index (χ2v) is 2.61. The molecule has 4 heteroatoms. The number of hydrogen-bond donors (Lipinski definition) is 0. The van der Waals surface area contributed by atoms with Crippen LogP contribution < -0.4 is 0 Å². The Bertz CT molecular complexity index is 284. The molecule has 11 heavy (non-hydrogen) atoms. The Morgan fingerprint density at radius 3 is 3.00 bits per heavy atom.